The third-order valence-corrected chi connectivity index (χ3v) is 4.91. The molecule has 2 rings (SSSR count). The lowest BCUT2D eigenvalue weighted by Gasteiger charge is -2.28. The summed E-state index contributed by atoms with van der Waals surface area (Å²) < 4.78 is 44.8. The predicted octanol–water partition coefficient (Wildman–Crippen LogP) is 4.98. The monoisotopic (exact) mass is 489 g/mol. The van der Waals surface area contributed by atoms with Crippen molar-refractivity contribution in [3.8, 4) is 5.75 Å². The standard InChI is InChI=1S/C18H15F3IN3O2/c1-11(18(19,20)21)17(26)25(10-12-4-6-13(27-3)7-5-12)14-8-9-24-16(23-2)15(14)22/h4-9,11H,10H2,1,3H3. The van der Waals surface area contributed by atoms with E-state index in [1.807, 2.05) is 22.6 Å². The molecule has 0 radical (unpaired) electrons. The van der Waals surface area contributed by atoms with E-state index in [-0.39, 0.29) is 18.1 Å². The number of ether oxygens (including phenoxy) is 1. The summed E-state index contributed by atoms with van der Waals surface area (Å²) in [6.45, 7) is 7.88. The molecule has 0 aliphatic carbocycles. The van der Waals surface area contributed by atoms with E-state index in [0.29, 0.717) is 14.9 Å². The Morgan fingerprint density at radius 3 is 2.48 bits per heavy atom. The highest BCUT2D eigenvalue weighted by Crippen LogP contribution is 2.34. The van der Waals surface area contributed by atoms with Crippen LogP contribution >= 0.6 is 22.6 Å². The van der Waals surface area contributed by atoms with Gasteiger partial charge in [0.05, 0.1) is 22.9 Å². The van der Waals surface area contributed by atoms with Crippen LogP contribution in [0, 0.1) is 16.1 Å². The zero-order valence-electron chi connectivity index (χ0n) is 14.4. The Labute approximate surface area is 168 Å². The fourth-order valence-corrected chi connectivity index (χ4v) is 3.01. The maximum Gasteiger partial charge on any atom is 0.400 e. The number of pyridine rings is 1. The molecule has 1 aromatic carbocycles. The lowest BCUT2D eigenvalue weighted by atomic mass is 10.1. The molecule has 0 saturated heterocycles. The lowest BCUT2D eigenvalue weighted by molar-refractivity contribution is -0.177. The van der Waals surface area contributed by atoms with Crippen LogP contribution in [0.25, 0.3) is 4.85 Å². The fraction of sp³-hybridized carbons (Fsp3) is 0.278. The number of methoxy groups -OCH3 is 1. The maximum absolute atomic E-state index is 13.1. The molecule has 5 nitrogen and oxygen atoms in total. The minimum absolute atomic E-state index is 0.0280. The lowest BCUT2D eigenvalue weighted by Crippen LogP contribution is -2.41. The van der Waals surface area contributed by atoms with Gasteiger partial charge in [-0.2, -0.15) is 13.2 Å². The van der Waals surface area contributed by atoms with Gasteiger partial charge in [0.25, 0.3) is 5.82 Å². The number of rotatable bonds is 5. The molecule has 1 heterocycles. The third kappa shape index (κ3) is 4.88. The zero-order chi connectivity index (χ0) is 20.2. The van der Waals surface area contributed by atoms with Crippen LogP contribution in [0.1, 0.15) is 12.5 Å². The molecule has 1 aromatic heterocycles. The molecular weight excluding hydrogens is 474 g/mol. The van der Waals surface area contributed by atoms with Crippen molar-refractivity contribution in [1.29, 1.82) is 0 Å². The Hall–Kier alpha value is -2.35. The number of halogens is 4. The van der Waals surface area contributed by atoms with Crippen molar-refractivity contribution in [3.63, 3.8) is 0 Å². The highest BCUT2D eigenvalue weighted by molar-refractivity contribution is 14.1. The number of amides is 1. The summed E-state index contributed by atoms with van der Waals surface area (Å²) in [5.41, 5.74) is 0.837. The highest BCUT2D eigenvalue weighted by atomic mass is 127. The Morgan fingerprint density at radius 1 is 1.33 bits per heavy atom. The molecule has 0 aliphatic heterocycles. The number of nitrogens with zero attached hydrogens (tertiary/aromatic N) is 3. The fourth-order valence-electron chi connectivity index (χ4n) is 2.28. The van der Waals surface area contributed by atoms with Crippen LogP contribution in [0.2, 0.25) is 0 Å². The number of carbonyl (C=O) groups excluding carboxylic acids is 1. The second-order valence-corrected chi connectivity index (χ2v) is 6.69. The SMILES string of the molecule is [C-]#[N+]c1nccc(N(Cc2ccc(OC)cc2)C(=O)C(C)C(F)(F)F)c1I. The van der Waals surface area contributed by atoms with Crippen molar-refractivity contribution in [1.82, 2.24) is 4.98 Å². The average Bonchev–Trinajstić information content (AvgIpc) is 2.65. The second kappa shape index (κ2) is 8.56. The zero-order valence-corrected chi connectivity index (χ0v) is 16.6. The predicted molar refractivity (Wildman–Crippen MR) is 103 cm³/mol. The van der Waals surface area contributed by atoms with Gasteiger partial charge >= 0.3 is 6.18 Å². The van der Waals surface area contributed by atoms with Crippen LogP contribution in [0.4, 0.5) is 24.7 Å². The maximum atomic E-state index is 13.1. The van der Waals surface area contributed by atoms with E-state index < -0.39 is 18.0 Å². The quantitative estimate of drug-likeness (QED) is 0.440. The van der Waals surface area contributed by atoms with Gasteiger partial charge in [0, 0.05) is 6.07 Å². The number of hydrogen-bond donors (Lipinski definition) is 0. The molecule has 1 atom stereocenters. The molecule has 0 fully saturated rings. The smallest absolute Gasteiger partial charge is 0.400 e. The van der Waals surface area contributed by atoms with Crippen molar-refractivity contribution in [2.75, 3.05) is 12.0 Å². The summed E-state index contributed by atoms with van der Waals surface area (Å²) in [7, 11) is 1.50. The van der Waals surface area contributed by atoms with Crippen molar-refractivity contribution in [2.45, 2.75) is 19.6 Å². The van der Waals surface area contributed by atoms with Crippen molar-refractivity contribution < 1.29 is 22.7 Å². The summed E-state index contributed by atoms with van der Waals surface area (Å²) in [5.74, 6) is -2.66. The van der Waals surface area contributed by atoms with Gasteiger partial charge in [-0.1, -0.05) is 41.3 Å². The first-order valence-electron chi connectivity index (χ1n) is 7.72. The first kappa shape index (κ1) is 21.0. The minimum Gasteiger partial charge on any atom is -0.497 e. The molecule has 0 bridgehead atoms. The molecule has 0 spiro atoms. The molecule has 2 aromatic rings. The summed E-state index contributed by atoms with van der Waals surface area (Å²) >= 11 is 1.82. The van der Waals surface area contributed by atoms with Gasteiger partial charge in [0.1, 0.15) is 17.9 Å². The van der Waals surface area contributed by atoms with Crippen LogP contribution in [-0.2, 0) is 11.3 Å². The van der Waals surface area contributed by atoms with E-state index in [1.54, 1.807) is 24.3 Å². The van der Waals surface area contributed by atoms with E-state index in [9.17, 15) is 18.0 Å². The van der Waals surface area contributed by atoms with E-state index in [1.165, 1.54) is 19.4 Å². The van der Waals surface area contributed by atoms with E-state index in [4.69, 9.17) is 11.3 Å². The van der Waals surface area contributed by atoms with Crippen LogP contribution in [0.3, 0.4) is 0 Å². The Balaban J connectivity index is 2.48. The molecule has 142 valence electrons. The number of benzene rings is 1. The highest BCUT2D eigenvalue weighted by Gasteiger charge is 2.43. The molecule has 1 amide bonds. The van der Waals surface area contributed by atoms with Crippen LogP contribution in [0.5, 0.6) is 5.75 Å². The summed E-state index contributed by atoms with van der Waals surface area (Å²) in [5, 5.41) is 0. The van der Waals surface area contributed by atoms with Crippen molar-refractivity contribution >= 4 is 40.0 Å². The Bertz CT molecular complexity index is 864. The van der Waals surface area contributed by atoms with E-state index >= 15 is 0 Å². The van der Waals surface area contributed by atoms with Crippen LogP contribution in [0.15, 0.2) is 36.5 Å². The summed E-state index contributed by atoms with van der Waals surface area (Å²) in [6.07, 6.45) is -3.37. The first-order valence-corrected chi connectivity index (χ1v) is 8.80. The van der Waals surface area contributed by atoms with E-state index in [0.717, 1.165) is 11.8 Å². The first-order chi connectivity index (χ1) is 12.7. The van der Waals surface area contributed by atoms with Gasteiger partial charge in [0.2, 0.25) is 5.91 Å². The number of alkyl halides is 3. The topological polar surface area (TPSA) is 46.8 Å². The normalized spacial score (nSPS) is 12.2. The number of carbonyl (C=O) groups is 1. The molecule has 0 aliphatic rings. The van der Waals surface area contributed by atoms with Crippen molar-refractivity contribution in [2.24, 2.45) is 5.92 Å². The molecule has 0 saturated carbocycles. The largest absolute Gasteiger partial charge is 0.497 e. The minimum atomic E-state index is -4.67. The number of aromatic nitrogens is 1. The van der Waals surface area contributed by atoms with Gasteiger partial charge in [-0.15, -0.1) is 4.98 Å². The van der Waals surface area contributed by atoms with Gasteiger partial charge in [0.15, 0.2) is 0 Å². The molecular formula is C18H15F3IN3O2. The molecule has 0 N–H and O–H groups in total. The van der Waals surface area contributed by atoms with Crippen LogP contribution < -0.4 is 9.64 Å². The Kier molecular flexibility index (Phi) is 6.64. The van der Waals surface area contributed by atoms with Gasteiger partial charge in [-0.3, -0.25) is 4.79 Å². The molecule has 1 unspecified atom stereocenters. The van der Waals surface area contributed by atoms with Crippen LogP contribution in [-0.4, -0.2) is 24.2 Å². The summed E-state index contributed by atoms with van der Waals surface area (Å²) in [6, 6.07) is 8.09. The average molecular weight is 489 g/mol. The van der Waals surface area contributed by atoms with Gasteiger partial charge in [-0.05, 0) is 24.6 Å². The van der Waals surface area contributed by atoms with E-state index in [2.05, 4.69) is 9.83 Å². The molecule has 27 heavy (non-hydrogen) atoms. The third-order valence-electron chi connectivity index (χ3n) is 3.87. The number of hydrogen-bond acceptors (Lipinski definition) is 3. The van der Waals surface area contributed by atoms with Crippen molar-refractivity contribution in [3.05, 3.63) is 57.1 Å². The summed E-state index contributed by atoms with van der Waals surface area (Å²) in [4.78, 5) is 20.8. The van der Waals surface area contributed by atoms with Gasteiger partial charge in [-0.25, -0.2) is 0 Å². The molecule has 9 heteroatoms. The Morgan fingerprint density at radius 2 is 1.96 bits per heavy atom. The van der Waals surface area contributed by atoms with Gasteiger partial charge < -0.3 is 14.5 Å². The second-order valence-electron chi connectivity index (χ2n) is 5.62. The number of anilines is 1.